The molecule has 0 N–H and O–H groups in total. The number of hydrogen-bond acceptors (Lipinski definition) is 8. The fourth-order valence-corrected chi connectivity index (χ4v) is 3.54. The zero-order valence-corrected chi connectivity index (χ0v) is 16.4. The maximum atomic E-state index is 5.88. The molecule has 0 spiro atoms. The lowest BCUT2D eigenvalue weighted by molar-refractivity contribution is 0.410. The van der Waals surface area contributed by atoms with E-state index in [2.05, 4.69) is 25.7 Å². The van der Waals surface area contributed by atoms with Crippen molar-refractivity contribution in [2.24, 2.45) is 0 Å². The van der Waals surface area contributed by atoms with Crippen LogP contribution in [0.3, 0.4) is 0 Å². The van der Waals surface area contributed by atoms with E-state index >= 15 is 0 Å². The zero-order chi connectivity index (χ0) is 19.5. The van der Waals surface area contributed by atoms with Gasteiger partial charge >= 0.3 is 0 Å². The smallest absolute Gasteiger partial charge is 0.247 e. The molecule has 1 unspecified atom stereocenters. The molecule has 2 aromatic heterocycles. The van der Waals surface area contributed by atoms with Crippen molar-refractivity contribution in [3.8, 4) is 22.9 Å². The Kier molecular flexibility index (Phi) is 5.07. The molecule has 0 aliphatic heterocycles. The first kappa shape index (κ1) is 18.2. The summed E-state index contributed by atoms with van der Waals surface area (Å²) in [5.41, 5.74) is 2.79. The van der Waals surface area contributed by atoms with E-state index in [-0.39, 0.29) is 5.25 Å². The normalized spacial score (nSPS) is 12.1. The minimum absolute atomic E-state index is 0.134. The molecule has 2 aromatic carbocycles. The minimum atomic E-state index is -0.134. The summed E-state index contributed by atoms with van der Waals surface area (Å²) in [6.07, 6.45) is 0. The number of para-hydroxylation sites is 2. The number of tetrazole rings is 1. The van der Waals surface area contributed by atoms with E-state index in [9.17, 15) is 0 Å². The third kappa shape index (κ3) is 3.61. The number of nitrogens with zero attached hydrogens (tertiary/aromatic N) is 6. The van der Waals surface area contributed by atoms with Gasteiger partial charge in [-0.05, 0) is 48.5 Å². The molecule has 0 aliphatic rings. The largest absolute Gasteiger partial charge is 0.494 e. The Morgan fingerprint density at radius 2 is 1.93 bits per heavy atom. The highest BCUT2D eigenvalue weighted by Gasteiger charge is 2.21. The van der Waals surface area contributed by atoms with Gasteiger partial charge in [-0.25, -0.2) is 0 Å². The van der Waals surface area contributed by atoms with Crippen LogP contribution >= 0.6 is 11.8 Å². The van der Waals surface area contributed by atoms with Gasteiger partial charge in [0.2, 0.25) is 16.9 Å². The summed E-state index contributed by atoms with van der Waals surface area (Å²) < 4.78 is 12.9. The van der Waals surface area contributed by atoms with Gasteiger partial charge in [-0.1, -0.05) is 41.6 Å². The monoisotopic (exact) mass is 394 g/mol. The SMILES string of the molecule is COc1ccccc1-n1nnnc1SC(C)c1nnc(-c2cccc(C)c2)o1. The van der Waals surface area contributed by atoms with Crippen LogP contribution in [0.5, 0.6) is 5.75 Å². The molecule has 0 saturated carbocycles. The number of aryl methyl sites for hydroxylation is 1. The quantitative estimate of drug-likeness (QED) is 0.455. The first-order chi connectivity index (χ1) is 13.7. The van der Waals surface area contributed by atoms with Crippen molar-refractivity contribution in [1.29, 1.82) is 0 Å². The van der Waals surface area contributed by atoms with Crippen molar-refractivity contribution in [3.63, 3.8) is 0 Å². The first-order valence-electron chi connectivity index (χ1n) is 8.64. The van der Waals surface area contributed by atoms with Crippen molar-refractivity contribution in [2.45, 2.75) is 24.3 Å². The third-order valence-corrected chi connectivity index (χ3v) is 5.11. The molecule has 0 aliphatic carbocycles. The van der Waals surface area contributed by atoms with Gasteiger partial charge in [-0.2, -0.15) is 4.68 Å². The molecule has 2 heterocycles. The van der Waals surface area contributed by atoms with Crippen LogP contribution in [-0.2, 0) is 0 Å². The van der Waals surface area contributed by atoms with Crippen molar-refractivity contribution in [2.75, 3.05) is 7.11 Å². The van der Waals surface area contributed by atoms with E-state index in [1.807, 2.05) is 62.4 Å². The van der Waals surface area contributed by atoms with Crippen LogP contribution in [0, 0.1) is 6.92 Å². The molecule has 0 saturated heterocycles. The highest BCUT2D eigenvalue weighted by Crippen LogP contribution is 2.35. The lowest BCUT2D eigenvalue weighted by Gasteiger charge is -2.10. The second-order valence-corrected chi connectivity index (χ2v) is 7.43. The third-order valence-electron chi connectivity index (χ3n) is 4.09. The van der Waals surface area contributed by atoms with Crippen LogP contribution in [-0.4, -0.2) is 37.5 Å². The Hall–Kier alpha value is -3.20. The summed E-state index contributed by atoms with van der Waals surface area (Å²) in [4.78, 5) is 0. The summed E-state index contributed by atoms with van der Waals surface area (Å²) in [6, 6.07) is 15.5. The molecule has 4 aromatic rings. The molecule has 9 heteroatoms. The van der Waals surface area contributed by atoms with Crippen molar-refractivity contribution in [1.82, 2.24) is 30.4 Å². The lowest BCUT2D eigenvalue weighted by atomic mass is 10.1. The molecular weight excluding hydrogens is 376 g/mol. The molecule has 0 bridgehead atoms. The maximum Gasteiger partial charge on any atom is 0.247 e. The summed E-state index contributed by atoms with van der Waals surface area (Å²) in [5, 5.41) is 20.9. The standard InChI is InChI=1S/C19H18N6O2S/c1-12-7-6-8-14(11-12)18-21-20-17(27-18)13(2)28-19-22-23-24-25(19)15-9-4-5-10-16(15)26-3/h4-11,13H,1-3H3. The Morgan fingerprint density at radius 3 is 2.75 bits per heavy atom. The Labute approximate surface area is 165 Å². The van der Waals surface area contributed by atoms with Gasteiger partial charge in [-0.15, -0.1) is 15.3 Å². The molecular formula is C19H18N6O2S. The number of benzene rings is 2. The van der Waals surface area contributed by atoms with Crippen LogP contribution in [0.2, 0.25) is 0 Å². The van der Waals surface area contributed by atoms with E-state index in [1.54, 1.807) is 11.8 Å². The molecule has 0 fully saturated rings. The fraction of sp³-hybridized carbons (Fsp3) is 0.211. The maximum absolute atomic E-state index is 5.88. The first-order valence-corrected chi connectivity index (χ1v) is 9.52. The predicted octanol–water partition coefficient (Wildman–Crippen LogP) is 3.88. The van der Waals surface area contributed by atoms with Gasteiger partial charge in [0.05, 0.1) is 12.4 Å². The van der Waals surface area contributed by atoms with Crippen molar-refractivity contribution < 1.29 is 9.15 Å². The predicted molar refractivity (Wildman–Crippen MR) is 104 cm³/mol. The summed E-state index contributed by atoms with van der Waals surface area (Å²) >= 11 is 1.43. The molecule has 0 amide bonds. The molecule has 8 nitrogen and oxygen atoms in total. The van der Waals surface area contributed by atoms with Crippen LogP contribution in [0.4, 0.5) is 0 Å². The van der Waals surface area contributed by atoms with Crippen molar-refractivity contribution >= 4 is 11.8 Å². The van der Waals surface area contributed by atoms with Crippen LogP contribution in [0.1, 0.15) is 23.6 Å². The Bertz CT molecular complexity index is 1090. The molecule has 0 radical (unpaired) electrons. The van der Waals surface area contributed by atoms with E-state index < -0.39 is 0 Å². The average molecular weight is 394 g/mol. The van der Waals surface area contributed by atoms with Gasteiger partial charge in [-0.3, -0.25) is 0 Å². The molecule has 142 valence electrons. The second kappa shape index (κ2) is 7.81. The fourth-order valence-electron chi connectivity index (χ4n) is 2.71. The van der Waals surface area contributed by atoms with E-state index in [4.69, 9.17) is 9.15 Å². The number of hydrogen-bond donors (Lipinski definition) is 0. The van der Waals surface area contributed by atoms with Gasteiger partial charge in [0.25, 0.3) is 0 Å². The molecule has 1 atom stereocenters. The van der Waals surface area contributed by atoms with Crippen LogP contribution in [0.25, 0.3) is 17.1 Å². The Balaban J connectivity index is 1.57. The van der Waals surface area contributed by atoms with E-state index in [1.165, 1.54) is 11.8 Å². The molecule has 28 heavy (non-hydrogen) atoms. The topological polar surface area (TPSA) is 91.8 Å². The summed E-state index contributed by atoms with van der Waals surface area (Å²) in [6.45, 7) is 4.00. The van der Waals surface area contributed by atoms with Gasteiger partial charge < -0.3 is 9.15 Å². The van der Waals surface area contributed by atoms with E-state index in [0.717, 1.165) is 16.8 Å². The summed E-state index contributed by atoms with van der Waals surface area (Å²) in [7, 11) is 1.61. The van der Waals surface area contributed by atoms with Gasteiger partial charge in [0.1, 0.15) is 11.4 Å². The zero-order valence-electron chi connectivity index (χ0n) is 15.6. The van der Waals surface area contributed by atoms with Crippen LogP contribution in [0.15, 0.2) is 58.1 Å². The number of ether oxygens (including phenoxy) is 1. The highest BCUT2D eigenvalue weighted by atomic mass is 32.2. The molecule has 4 rings (SSSR count). The minimum Gasteiger partial charge on any atom is -0.494 e. The van der Waals surface area contributed by atoms with E-state index in [0.29, 0.717) is 22.7 Å². The number of methoxy groups -OCH3 is 1. The number of rotatable bonds is 6. The Morgan fingerprint density at radius 1 is 1.07 bits per heavy atom. The average Bonchev–Trinajstić information content (AvgIpc) is 3.38. The van der Waals surface area contributed by atoms with Gasteiger partial charge in [0.15, 0.2) is 0 Å². The highest BCUT2D eigenvalue weighted by molar-refractivity contribution is 7.99. The second-order valence-electron chi connectivity index (χ2n) is 6.12. The number of thioether (sulfide) groups is 1. The van der Waals surface area contributed by atoms with Gasteiger partial charge in [0, 0.05) is 5.56 Å². The van der Waals surface area contributed by atoms with Crippen molar-refractivity contribution in [3.05, 3.63) is 60.0 Å². The number of aromatic nitrogens is 6. The lowest BCUT2D eigenvalue weighted by Crippen LogP contribution is -2.02. The summed E-state index contributed by atoms with van der Waals surface area (Å²) in [5.74, 6) is 1.69. The van der Waals surface area contributed by atoms with Crippen LogP contribution < -0.4 is 4.74 Å².